The lowest BCUT2D eigenvalue weighted by molar-refractivity contribution is 0.0318. The molecule has 1 atom stereocenters. The topological polar surface area (TPSA) is 88.1 Å². The quantitative estimate of drug-likeness (QED) is 0.0569. The Morgan fingerprint density at radius 3 is 1.60 bits per heavy atom. The number of esters is 3. The Kier molecular flexibility index (Phi) is 17.9. The highest BCUT2D eigenvalue weighted by Crippen LogP contribution is 2.21. The molecule has 0 spiro atoms. The molecule has 0 aliphatic rings. The summed E-state index contributed by atoms with van der Waals surface area (Å²) in [6, 6.07) is 19.4. The maximum absolute atomic E-state index is 12.8. The van der Waals surface area contributed by atoms with E-state index in [1.807, 2.05) is 6.92 Å². The molecule has 3 aromatic carbocycles. The zero-order valence-corrected chi connectivity index (χ0v) is 29.2. The van der Waals surface area contributed by atoms with Crippen LogP contribution in [0.2, 0.25) is 0 Å². The fraction of sp³-hybridized carbons (Fsp3) is 0.488. The van der Waals surface area contributed by atoms with Gasteiger partial charge in [-0.3, -0.25) is 0 Å². The van der Waals surface area contributed by atoms with Gasteiger partial charge in [-0.1, -0.05) is 97.0 Å². The third kappa shape index (κ3) is 14.7. The third-order valence-corrected chi connectivity index (χ3v) is 8.21. The summed E-state index contributed by atoms with van der Waals surface area (Å²) >= 11 is 0. The summed E-state index contributed by atoms with van der Waals surface area (Å²) in [6.07, 6.45) is 17.9. The number of benzene rings is 3. The highest BCUT2D eigenvalue weighted by Gasteiger charge is 2.15. The van der Waals surface area contributed by atoms with Crippen LogP contribution in [-0.4, -0.2) is 30.6 Å². The van der Waals surface area contributed by atoms with E-state index in [0.717, 1.165) is 44.3 Å². The van der Waals surface area contributed by atoms with Crippen molar-refractivity contribution in [2.24, 2.45) is 0 Å². The van der Waals surface area contributed by atoms with Crippen LogP contribution in [0.4, 0.5) is 0 Å². The first-order chi connectivity index (χ1) is 23.4. The van der Waals surface area contributed by atoms with E-state index in [2.05, 4.69) is 13.8 Å². The summed E-state index contributed by atoms with van der Waals surface area (Å²) in [7, 11) is 0. The molecule has 0 aromatic heterocycles. The predicted molar refractivity (Wildman–Crippen MR) is 190 cm³/mol. The van der Waals surface area contributed by atoms with Gasteiger partial charge in [0, 0.05) is 0 Å². The van der Waals surface area contributed by atoms with Crippen LogP contribution in [0.25, 0.3) is 0 Å². The Balaban J connectivity index is 1.38. The van der Waals surface area contributed by atoms with Crippen molar-refractivity contribution < 1.29 is 33.3 Å². The van der Waals surface area contributed by atoms with Crippen LogP contribution in [0.5, 0.6) is 17.2 Å². The van der Waals surface area contributed by atoms with E-state index in [0.29, 0.717) is 23.5 Å². The number of carbonyl (C=O) groups excluding carboxylic acids is 3. The van der Waals surface area contributed by atoms with Crippen LogP contribution in [-0.2, 0) is 4.74 Å². The molecule has 7 heteroatoms. The van der Waals surface area contributed by atoms with Crippen molar-refractivity contribution >= 4 is 17.9 Å². The molecule has 0 N–H and O–H groups in total. The number of hydrogen-bond donors (Lipinski definition) is 0. The van der Waals surface area contributed by atoms with Gasteiger partial charge in [0.05, 0.1) is 29.4 Å². The van der Waals surface area contributed by atoms with Crippen molar-refractivity contribution in [3.05, 3.63) is 89.5 Å². The number of ether oxygens (including phenoxy) is 4. The molecular formula is C41H54O7. The lowest BCUT2D eigenvalue weighted by Crippen LogP contribution is -2.15. The summed E-state index contributed by atoms with van der Waals surface area (Å²) in [4.78, 5) is 38.1. The SMILES string of the molecule is CCCCCCCCCCCCOc1ccc(C(=O)Oc2ccc(C(=O)Oc3cccc(C(=O)O[C@@H](C)CCCCCC)c3)cc2)cc1. The summed E-state index contributed by atoms with van der Waals surface area (Å²) in [5.41, 5.74) is 0.984. The lowest BCUT2D eigenvalue weighted by atomic mass is 10.1. The first kappa shape index (κ1) is 38.3. The number of unbranched alkanes of at least 4 members (excludes halogenated alkanes) is 12. The van der Waals surface area contributed by atoms with Gasteiger partial charge in [-0.25, -0.2) is 14.4 Å². The van der Waals surface area contributed by atoms with Gasteiger partial charge in [-0.05, 0) is 92.9 Å². The number of hydrogen-bond acceptors (Lipinski definition) is 7. The van der Waals surface area contributed by atoms with Crippen LogP contribution in [0, 0.1) is 0 Å². The molecule has 0 bridgehead atoms. The Labute approximate surface area is 287 Å². The van der Waals surface area contributed by atoms with Gasteiger partial charge in [0.15, 0.2) is 0 Å². The van der Waals surface area contributed by atoms with E-state index in [9.17, 15) is 14.4 Å². The average Bonchev–Trinajstić information content (AvgIpc) is 3.09. The van der Waals surface area contributed by atoms with Crippen molar-refractivity contribution in [3.8, 4) is 17.2 Å². The minimum atomic E-state index is -0.601. The third-order valence-electron chi connectivity index (χ3n) is 8.21. The van der Waals surface area contributed by atoms with Crippen molar-refractivity contribution in [2.75, 3.05) is 6.61 Å². The molecule has 0 fully saturated rings. The van der Waals surface area contributed by atoms with E-state index in [1.54, 1.807) is 42.5 Å². The normalized spacial score (nSPS) is 11.5. The first-order valence-electron chi connectivity index (χ1n) is 18.0. The molecule has 0 radical (unpaired) electrons. The highest BCUT2D eigenvalue weighted by atomic mass is 16.5. The van der Waals surface area contributed by atoms with Crippen LogP contribution < -0.4 is 14.2 Å². The lowest BCUT2D eigenvalue weighted by Gasteiger charge is -2.13. The molecule has 0 unspecified atom stereocenters. The van der Waals surface area contributed by atoms with E-state index in [4.69, 9.17) is 18.9 Å². The van der Waals surface area contributed by atoms with Gasteiger partial charge in [0.2, 0.25) is 0 Å². The molecule has 0 aliphatic heterocycles. The second-order valence-electron chi connectivity index (χ2n) is 12.5. The molecular weight excluding hydrogens is 604 g/mol. The zero-order chi connectivity index (χ0) is 34.4. The van der Waals surface area contributed by atoms with Crippen LogP contribution in [0.15, 0.2) is 72.8 Å². The Morgan fingerprint density at radius 1 is 0.521 bits per heavy atom. The van der Waals surface area contributed by atoms with Crippen LogP contribution in [0.1, 0.15) is 148 Å². The highest BCUT2D eigenvalue weighted by molar-refractivity contribution is 5.93. The van der Waals surface area contributed by atoms with Gasteiger partial charge in [-0.2, -0.15) is 0 Å². The molecule has 260 valence electrons. The van der Waals surface area contributed by atoms with Gasteiger partial charge in [0.1, 0.15) is 17.2 Å². The maximum atomic E-state index is 12.8. The number of carbonyl (C=O) groups is 3. The summed E-state index contributed by atoms with van der Waals surface area (Å²) in [6.45, 7) is 6.95. The van der Waals surface area contributed by atoms with E-state index in [1.165, 1.54) is 88.1 Å². The van der Waals surface area contributed by atoms with E-state index in [-0.39, 0.29) is 17.4 Å². The van der Waals surface area contributed by atoms with Crippen molar-refractivity contribution in [3.63, 3.8) is 0 Å². The van der Waals surface area contributed by atoms with Crippen LogP contribution in [0.3, 0.4) is 0 Å². The molecule has 0 amide bonds. The van der Waals surface area contributed by atoms with Gasteiger partial charge in [0.25, 0.3) is 0 Å². The molecule has 7 nitrogen and oxygen atoms in total. The molecule has 0 saturated carbocycles. The maximum Gasteiger partial charge on any atom is 0.343 e. The van der Waals surface area contributed by atoms with Crippen molar-refractivity contribution in [1.29, 1.82) is 0 Å². The van der Waals surface area contributed by atoms with Crippen LogP contribution >= 0.6 is 0 Å². The molecule has 48 heavy (non-hydrogen) atoms. The monoisotopic (exact) mass is 658 g/mol. The van der Waals surface area contributed by atoms with Crippen molar-refractivity contribution in [1.82, 2.24) is 0 Å². The Bertz CT molecular complexity index is 1360. The second-order valence-corrected chi connectivity index (χ2v) is 12.5. The summed E-state index contributed by atoms with van der Waals surface area (Å²) < 4.78 is 22.4. The summed E-state index contributed by atoms with van der Waals surface area (Å²) in [5.74, 6) is -0.307. The summed E-state index contributed by atoms with van der Waals surface area (Å²) in [5, 5.41) is 0. The van der Waals surface area contributed by atoms with Gasteiger partial charge < -0.3 is 18.9 Å². The fourth-order valence-corrected chi connectivity index (χ4v) is 5.31. The minimum absolute atomic E-state index is 0.189. The largest absolute Gasteiger partial charge is 0.494 e. The fourth-order valence-electron chi connectivity index (χ4n) is 5.31. The minimum Gasteiger partial charge on any atom is -0.494 e. The smallest absolute Gasteiger partial charge is 0.343 e. The zero-order valence-electron chi connectivity index (χ0n) is 29.2. The average molecular weight is 659 g/mol. The van der Waals surface area contributed by atoms with Gasteiger partial charge in [-0.15, -0.1) is 0 Å². The van der Waals surface area contributed by atoms with Crippen molar-refractivity contribution in [2.45, 2.75) is 123 Å². The van der Waals surface area contributed by atoms with E-state index < -0.39 is 17.9 Å². The standard InChI is InChI=1S/C41H54O7/c1-4-6-8-10-11-12-13-14-15-17-30-45-36-26-22-33(23-27-36)39(42)47-37-28-24-34(25-29-37)40(43)48-38-21-18-20-35(31-38)41(44)46-32(3)19-16-9-7-5-2/h18,20-29,31-32H,4-17,19,30H2,1-3H3/t32-/m0/s1. The Hall–Kier alpha value is -4.13. The predicted octanol–water partition coefficient (Wildman–Crippen LogP) is 10.9. The second kappa shape index (κ2) is 22.4. The molecule has 0 saturated heterocycles. The van der Waals surface area contributed by atoms with Gasteiger partial charge >= 0.3 is 17.9 Å². The Morgan fingerprint density at radius 2 is 1.02 bits per heavy atom. The molecule has 0 aliphatic carbocycles. The first-order valence-corrected chi connectivity index (χ1v) is 18.0. The molecule has 3 rings (SSSR count). The van der Waals surface area contributed by atoms with E-state index >= 15 is 0 Å². The molecule has 3 aromatic rings. The number of rotatable bonds is 23. The molecule has 0 heterocycles.